The Kier molecular flexibility index (Phi) is 7.80. The number of ether oxygens (including phenoxy) is 2. The van der Waals surface area contributed by atoms with E-state index in [1.807, 2.05) is 24.3 Å². The molecule has 2 fully saturated rings. The van der Waals surface area contributed by atoms with Crippen LogP contribution in [0.5, 0.6) is 0 Å². The molecule has 3 aliphatic rings. The number of carbonyl (C=O) groups is 2. The number of azide groups is 1. The molecule has 2 aromatic carbocycles. The van der Waals surface area contributed by atoms with E-state index in [2.05, 4.69) is 30.9 Å². The van der Waals surface area contributed by atoms with Crippen molar-refractivity contribution in [3.63, 3.8) is 0 Å². The molecule has 6 atom stereocenters. The number of aliphatic hydroxyl groups excluding tert-OH is 2. The van der Waals surface area contributed by atoms with Crippen molar-refractivity contribution in [1.29, 1.82) is 0 Å². The van der Waals surface area contributed by atoms with Gasteiger partial charge in [0.15, 0.2) is 5.79 Å². The Labute approximate surface area is 234 Å². The molecule has 0 aliphatic carbocycles. The van der Waals surface area contributed by atoms with Gasteiger partial charge in [0.2, 0.25) is 0 Å². The fourth-order valence-corrected chi connectivity index (χ4v) is 6.27. The highest BCUT2D eigenvalue weighted by Gasteiger charge is 2.54. The monoisotopic (exact) mass is 599 g/mol. The average molecular weight is 600 g/mol. The summed E-state index contributed by atoms with van der Waals surface area (Å²) in [6, 6.07) is 14.0. The number of halogens is 1. The van der Waals surface area contributed by atoms with Gasteiger partial charge in [-0.1, -0.05) is 45.3 Å². The summed E-state index contributed by atoms with van der Waals surface area (Å²) in [5.74, 6) is -1.85. The summed E-state index contributed by atoms with van der Waals surface area (Å²) in [5.41, 5.74) is 10.8. The number of benzene rings is 2. The Morgan fingerprint density at radius 2 is 1.69 bits per heavy atom. The first-order valence-electron chi connectivity index (χ1n) is 12.8. The van der Waals surface area contributed by atoms with Crippen molar-refractivity contribution >= 4 is 27.7 Å². The van der Waals surface area contributed by atoms with Crippen molar-refractivity contribution in [1.82, 2.24) is 9.80 Å². The highest BCUT2D eigenvalue weighted by Crippen LogP contribution is 2.44. The van der Waals surface area contributed by atoms with Gasteiger partial charge in [0.1, 0.15) is 18.3 Å². The van der Waals surface area contributed by atoms with Gasteiger partial charge in [-0.3, -0.25) is 19.4 Å². The van der Waals surface area contributed by atoms with Crippen LogP contribution in [0, 0.1) is 0 Å². The number of aliphatic hydroxyl groups is 2. The van der Waals surface area contributed by atoms with Gasteiger partial charge in [-0.05, 0) is 49.2 Å². The third-order valence-electron chi connectivity index (χ3n) is 7.69. The third kappa shape index (κ3) is 5.21. The first kappa shape index (κ1) is 27.7. The minimum Gasteiger partial charge on any atom is -0.394 e. The van der Waals surface area contributed by atoms with Gasteiger partial charge in [-0.2, -0.15) is 0 Å². The second-order valence-corrected chi connectivity index (χ2v) is 11.4. The standard InChI is InChI=1S/C27H30BrN5O6/c1-27(2)38-22(24(39-27)21(35)14-34)13-32-19(11-30-31-29)23(15-7-9-16(28)10-8-15)20(32)12-33-25(36)17-5-3-4-6-18(17)26(33)37/h3-10,19-24,34-35H,11-14H2,1-2H3/t19-,20+,21+,22-,23+,24+/m0/s1. The van der Waals surface area contributed by atoms with E-state index < -0.39 is 30.7 Å². The Morgan fingerprint density at radius 1 is 1.05 bits per heavy atom. The lowest BCUT2D eigenvalue weighted by molar-refractivity contribution is -0.160. The van der Waals surface area contributed by atoms with E-state index in [1.165, 1.54) is 4.90 Å². The lowest BCUT2D eigenvalue weighted by atomic mass is 9.74. The molecule has 0 spiro atoms. The minimum absolute atomic E-state index is 0.115. The Balaban J connectivity index is 1.49. The summed E-state index contributed by atoms with van der Waals surface area (Å²) >= 11 is 3.47. The molecule has 2 aromatic rings. The van der Waals surface area contributed by atoms with Gasteiger partial charge in [0.05, 0.1) is 17.7 Å². The number of imide groups is 1. The zero-order valence-corrected chi connectivity index (χ0v) is 23.1. The predicted molar refractivity (Wildman–Crippen MR) is 144 cm³/mol. The number of likely N-dealkylation sites (tertiary alicyclic amines) is 1. The first-order valence-corrected chi connectivity index (χ1v) is 13.6. The topological polar surface area (TPSA) is 148 Å². The number of nitrogens with zero attached hydrogens (tertiary/aromatic N) is 5. The van der Waals surface area contributed by atoms with E-state index in [0.717, 1.165) is 10.0 Å². The number of carbonyl (C=O) groups excluding carboxylic acids is 2. The molecule has 5 rings (SSSR count). The Morgan fingerprint density at radius 3 is 2.28 bits per heavy atom. The van der Waals surface area contributed by atoms with Gasteiger partial charge >= 0.3 is 0 Å². The van der Waals surface area contributed by atoms with E-state index >= 15 is 0 Å². The molecular formula is C27H30BrN5O6. The summed E-state index contributed by atoms with van der Waals surface area (Å²) in [5, 5.41) is 23.9. The number of fused-ring (bicyclic) bond motifs is 1. The maximum Gasteiger partial charge on any atom is 0.261 e. The normalized spacial score (nSPS) is 28.6. The van der Waals surface area contributed by atoms with Crippen molar-refractivity contribution < 1.29 is 29.3 Å². The summed E-state index contributed by atoms with van der Waals surface area (Å²) in [7, 11) is 0. The molecule has 2 N–H and O–H groups in total. The second-order valence-electron chi connectivity index (χ2n) is 10.5. The fraction of sp³-hybridized carbons (Fsp3) is 0.481. The van der Waals surface area contributed by atoms with Gasteiger partial charge in [0.25, 0.3) is 11.8 Å². The highest BCUT2D eigenvalue weighted by atomic mass is 79.9. The van der Waals surface area contributed by atoms with Crippen molar-refractivity contribution in [2.75, 3.05) is 26.2 Å². The molecular weight excluding hydrogens is 570 g/mol. The first-order chi connectivity index (χ1) is 18.6. The largest absolute Gasteiger partial charge is 0.394 e. The minimum atomic E-state index is -1.16. The summed E-state index contributed by atoms with van der Waals surface area (Å²) in [6.07, 6.45) is -2.58. The van der Waals surface area contributed by atoms with E-state index in [1.54, 1.807) is 38.1 Å². The molecule has 206 valence electrons. The van der Waals surface area contributed by atoms with Crippen LogP contribution in [0.25, 0.3) is 10.4 Å². The van der Waals surface area contributed by atoms with Crippen molar-refractivity contribution in [3.05, 3.63) is 80.1 Å². The quantitative estimate of drug-likeness (QED) is 0.195. The summed E-state index contributed by atoms with van der Waals surface area (Å²) in [6.45, 7) is 3.50. The molecule has 0 saturated carbocycles. The Hall–Kier alpha value is -2.83. The Bertz CT molecular complexity index is 1260. The SMILES string of the molecule is CC1(C)O[C@H]([C@H](O)CO)[C@H](CN2[C@H](CN3C(=O)c4ccccc4C3=O)[C@H](c3ccc(Br)cc3)[C@@H]2CN=[N+]=[N-])O1. The molecule has 0 aromatic heterocycles. The molecule has 0 radical (unpaired) electrons. The van der Waals surface area contributed by atoms with Gasteiger partial charge in [-0.25, -0.2) is 0 Å². The molecule has 39 heavy (non-hydrogen) atoms. The van der Waals surface area contributed by atoms with E-state index in [0.29, 0.717) is 11.1 Å². The molecule has 2 amide bonds. The highest BCUT2D eigenvalue weighted by molar-refractivity contribution is 9.10. The van der Waals surface area contributed by atoms with Crippen LogP contribution in [0.2, 0.25) is 0 Å². The van der Waals surface area contributed by atoms with Gasteiger partial charge in [0, 0.05) is 47.0 Å². The molecule has 0 unspecified atom stereocenters. The lowest BCUT2D eigenvalue weighted by Gasteiger charge is -2.57. The average Bonchev–Trinajstić information content (AvgIpc) is 3.36. The van der Waals surface area contributed by atoms with Gasteiger partial charge in [-0.15, -0.1) is 0 Å². The third-order valence-corrected chi connectivity index (χ3v) is 8.22. The van der Waals surface area contributed by atoms with Crippen molar-refractivity contribution in [3.8, 4) is 0 Å². The van der Waals surface area contributed by atoms with E-state index in [-0.39, 0.29) is 49.5 Å². The zero-order valence-electron chi connectivity index (χ0n) is 21.6. The zero-order chi connectivity index (χ0) is 27.9. The number of rotatable bonds is 9. The smallest absolute Gasteiger partial charge is 0.261 e. The van der Waals surface area contributed by atoms with Crippen LogP contribution in [-0.2, 0) is 9.47 Å². The van der Waals surface area contributed by atoms with Crippen LogP contribution in [0.15, 0.2) is 58.1 Å². The number of amides is 2. The molecule has 11 nitrogen and oxygen atoms in total. The lowest BCUT2D eigenvalue weighted by Crippen LogP contribution is -2.68. The van der Waals surface area contributed by atoms with Crippen molar-refractivity contribution in [2.24, 2.45) is 5.11 Å². The van der Waals surface area contributed by atoms with Crippen LogP contribution >= 0.6 is 15.9 Å². The molecule has 3 aliphatic heterocycles. The van der Waals surface area contributed by atoms with Crippen LogP contribution in [0.4, 0.5) is 0 Å². The fourth-order valence-electron chi connectivity index (χ4n) is 6.00. The maximum atomic E-state index is 13.2. The molecule has 2 saturated heterocycles. The second kappa shape index (κ2) is 11.0. The van der Waals surface area contributed by atoms with Crippen molar-refractivity contribution in [2.45, 2.75) is 55.9 Å². The molecule has 0 bridgehead atoms. The van der Waals surface area contributed by atoms with E-state index in [4.69, 9.17) is 15.0 Å². The number of hydrogen-bond acceptors (Lipinski definition) is 8. The molecule has 12 heteroatoms. The van der Waals surface area contributed by atoms with Crippen LogP contribution in [-0.4, -0.2) is 94.3 Å². The van der Waals surface area contributed by atoms with Crippen LogP contribution < -0.4 is 0 Å². The summed E-state index contributed by atoms with van der Waals surface area (Å²) < 4.78 is 12.9. The molecule has 3 heterocycles. The van der Waals surface area contributed by atoms with E-state index in [9.17, 15) is 19.8 Å². The number of hydrogen-bond donors (Lipinski definition) is 2. The van der Waals surface area contributed by atoms with Crippen LogP contribution in [0.3, 0.4) is 0 Å². The van der Waals surface area contributed by atoms with Crippen LogP contribution in [0.1, 0.15) is 46.0 Å². The maximum absolute atomic E-state index is 13.2. The van der Waals surface area contributed by atoms with Gasteiger partial charge < -0.3 is 19.7 Å². The predicted octanol–water partition coefficient (Wildman–Crippen LogP) is 3.07. The summed E-state index contributed by atoms with van der Waals surface area (Å²) in [4.78, 5) is 32.8.